The fraction of sp³-hybridized carbons (Fsp3) is 0.727. The van der Waals surface area contributed by atoms with Crippen molar-refractivity contribution >= 4 is 11.9 Å². The fourth-order valence-electron chi connectivity index (χ4n) is 2.06. The summed E-state index contributed by atoms with van der Waals surface area (Å²) in [6.07, 6.45) is 1.75. The Kier molecular flexibility index (Phi) is 4.14. The lowest BCUT2D eigenvalue weighted by atomic mass is 9.98. The van der Waals surface area contributed by atoms with Crippen molar-refractivity contribution in [2.45, 2.75) is 26.3 Å². The molecule has 3 N–H and O–H groups in total. The topological polar surface area (TPSA) is 97.3 Å². The van der Waals surface area contributed by atoms with Crippen LogP contribution in [0.4, 0.5) is 6.01 Å². The first-order valence-electron chi connectivity index (χ1n) is 6.28. The number of nitrogens with two attached hydrogens (primary N) is 1. The molecule has 7 nitrogen and oxygen atoms in total. The van der Waals surface area contributed by atoms with Gasteiger partial charge in [-0.2, -0.15) is 0 Å². The van der Waals surface area contributed by atoms with Crippen LogP contribution in [0.1, 0.15) is 25.7 Å². The Balaban J connectivity index is 1.97. The zero-order valence-electron chi connectivity index (χ0n) is 10.6. The smallest absolute Gasteiger partial charge is 0.318 e. The first-order chi connectivity index (χ1) is 8.70. The van der Waals surface area contributed by atoms with Gasteiger partial charge >= 0.3 is 6.01 Å². The van der Waals surface area contributed by atoms with E-state index in [1.165, 1.54) is 0 Å². The van der Waals surface area contributed by atoms with Crippen LogP contribution in [0.3, 0.4) is 0 Å². The molecule has 18 heavy (non-hydrogen) atoms. The Morgan fingerprint density at radius 2 is 2.44 bits per heavy atom. The van der Waals surface area contributed by atoms with Gasteiger partial charge in [-0.1, -0.05) is 12.0 Å². The first-order valence-corrected chi connectivity index (χ1v) is 6.28. The molecule has 0 aromatic carbocycles. The summed E-state index contributed by atoms with van der Waals surface area (Å²) in [5.41, 5.74) is 5.34. The number of primary amides is 1. The second-order valence-corrected chi connectivity index (χ2v) is 4.45. The molecule has 2 heterocycles. The molecular weight excluding hydrogens is 234 g/mol. The van der Waals surface area contributed by atoms with Gasteiger partial charge in [0.1, 0.15) is 0 Å². The third-order valence-corrected chi connectivity index (χ3v) is 3.08. The van der Waals surface area contributed by atoms with Gasteiger partial charge in [-0.05, 0) is 19.4 Å². The molecule has 100 valence electrons. The van der Waals surface area contributed by atoms with Crippen LogP contribution in [-0.2, 0) is 11.3 Å². The molecule has 1 atom stereocenters. The van der Waals surface area contributed by atoms with Gasteiger partial charge in [0.05, 0.1) is 12.5 Å². The van der Waals surface area contributed by atoms with Gasteiger partial charge < -0.3 is 20.4 Å². The monoisotopic (exact) mass is 253 g/mol. The molecule has 1 fully saturated rings. The van der Waals surface area contributed by atoms with Crippen molar-refractivity contribution in [2.75, 3.05) is 24.5 Å². The minimum atomic E-state index is -0.257. The molecule has 0 aliphatic carbocycles. The zero-order valence-corrected chi connectivity index (χ0v) is 10.6. The number of hydrogen-bond donors (Lipinski definition) is 2. The van der Waals surface area contributed by atoms with E-state index in [1.54, 1.807) is 0 Å². The Morgan fingerprint density at radius 1 is 1.61 bits per heavy atom. The molecule has 1 aromatic heterocycles. The Bertz CT molecular complexity index is 406. The van der Waals surface area contributed by atoms with Crippen molar-refractivity contribution < 1.29 is 9.21 Å². The van der Waals surface area contributed by atoms with Crippen LogP contribution in [-0.4, -0.2) is 35.7 Å². The average Bonchev–Trinajstić information content (AvgIpc) is 2.85. The minimum Gasteiger partial charge on any atom is -0.407 e. The quantitative estimate of drug-likeness (QED) is 0.759. The van der Waals surface area contributed by atoms with Crippen molar-refractivity contribution in [3.63, 3.8) is 0 Å². The number of nitrogens with zero attached hydrogens (tertiary/aromatic N) is 3. The number of hydrogen-bond acceptors (Lipinski definition) is 6. The molecule has 2 rings (SSSR count). The SMILES string of the molecule is CCNCc1nnc(N2CCCC(C(N)=O)C2)o1. The second kappa shape index (κ2) is 5.81. The Hall–Kier alpha value is -1.63. The average molecular weight is 253 g/mol. The molecule has 0 spiro atoms. The fourth-order valence-corrected chi connectivity index (χ4v) is 2.06. The van der Waals surface area contributed by atoms with E-state index < -0.39 is 0 Å². The van der Waals surface area contributed by atoms with Gasteiger partial charge in [0.15, 0.2) is 0 Å². The maximum Gasteiger partial charge on any atom is 0.318 e. The van der Waals surface area contributed by atoms with Crippen molar-refractivity contribution in [3.8, 4) is 0 Å². The van der Waals surface area contributed by atoms with Gasteiger partial charge in [0.2, 0.25) is 11.8 Å². The summed E-state index contributed by atoms with van der Waals surface area (Å²) in [6, 6.07) is 0.480. The normalized spacial score (nSPS) is 20.1. The van der Waals surface area contributed by atoms with Crippen molar-refractivity contribution in [1.82, 2.24) is 15.5 Å². The van der Waals surface area contributed by atoms with Gasteiger partial charge in [-0.15, -0.1) is 5.10 Å². The van der Waals surface area contributed by atoms with Crippen LogP contribution < -0.4 is 16.0 Å². The van der Waals surface area contributed by atoms with Gasteiger partial charge in [-0.3, -0.25) is 4.79 Å². The Morgan fingerprint density at radius 3 is 3.17 bits per heavy atom. The maximum atomic E-state index is 11.2. The highest BCUT2D eigenvalue weighted by molar-refractivity contribution is 5.77. The molecule has 1 unspecified atom stereocenters. The molecule has 1 aliphatic rings. The molecule has 1 aromatic rings. The minimum absolute atomic E-state index is 0.122. The van der Waals surface area contributed by atoms with E-state index in [4.69, 9.17) is 10.2 Å². The van der Waals surface area contributed by atoms with Crippen molar-refractivity contribution in [2.24, 2.45) is 11.7 Å². The zero-order chi connectivity index (χ0) is 13.0. The van der Waals surface area contributed by atoms with Crippen molar-refractivity contribution in [3.05, 3.63) is 5.89 Å². The van der Waals surface area contributed by atoms with E-state index in [1.807, 2.05) is 11.8 Å². The number of rotatable bonds is 5. The summed E-state index contributed by atoms with van der Waals surface area (Å²) in [5, 5.41) is 11.1. The predicted octanol–water partition coefficient (Wildman–Crippen LogP) is -0.119. The number of carbonyl (C=O) groups is 1. The van der Waals surface area contributed by atoms with Gasteiger partial charge in [0.25, 0.3) is 0 Å². The highest BCUT2D eigenvalue weighted by Gasteiger charge is 2.26. The van der Waals surface area contributed by atoms with E-state index in [0.29, 0.717) is 25.0 Å². The summed E-state index contributed by atoms with van der Waals surface area (Å²) in [6.45, 7) is 4.83. The molecule has 1 aliphatic heterocycles. The van der Waals surface area contributed by atoms with Crippen LogP contribution in [0, 0.1) is 5.92 Å². The molecule has 0 saturated carbocycles. The van der Waals surface area contributed by atoms with E-state index in [9.17, 15) is 4.79 Å². The standard InChI is InChI=1S/C11H19N5O2/c1-2-13-6-9-14-15-11(18-9)16-5-3-4-8(7-16)10(12)17/h8,13H,2-7H2,1H3,(H2,12,17). The Labute approximate surface area is 106 Å². The molecule has 7 heteroatoms. The first kappa shape index (κ1) is 12.8. The van der Waals surface area contributed by atoms with Crippen LogP contribution in [0.2, 0.25) is 0 Å². The van der Waals surface area contributed by atoms with E-state index in [0.717, 1.165) is 25.9 Å². The van der Waals surface area contributed by atoms with E-state index in [2.05, 4.69) is 15.5 Å². The number of amides is 1. The molecule has 0 bridgehead atoms. The van der Waals surface area contributed by atoms with Crippen LogP contribution in [0.25, 0.3) is 0 Å². The van der Waals surface area contributed by atoms with Gasteiger partial charge in [0, 0.05) is 13.1 Å². The van der Waals surface area contributed by atoms with E-state index >= 15 is 0 Å². The van der Waals surface area contributed by atoms with E-state index in [-0.39, 0.29) is 11.8 Å². The lowest BCUT2D eigenvalue weighted by Crippen LogP contribution is -2.41. The summed E-state index contributed by atoms with van der Waals surface area (Å²) in [7, 11) is 0. The van der Waals surface area contributed by atoms with Gasteiger partial charge in [-0.25, -0.2) is 0 Å². The lowest BCUT2D eigenvalue weighted by molar-refractivity contribution is -0.122. The molecule has 0 radical (unpaired) electrons. The van der Waals surface area contributed by atoms with Crippen LogP contribution >= 0.6 is 0 Å². The highest BCUT2D eigenvalue weighted by atomic mass is 16.4. The lowest BCUT2D eigenvalue weighted by Gasteiger charge is -2.29. The third-order valence-electron chi connectivity index (χ3n) is 3.08. The maximum absolute atomic E-state index is 11.2. The molecule has 1 saturated heterocycles. The molecule has 1 amide bonds. The third kappa shape index (κ3) is 2.98. The second-order valence-electron chi connectivity index (χ2n) is 4.45. The summed E-state index contributed by atoms with van der Waals surface area (Å²) < 4.78 is 5.54. The molecular formula is C11H19N5O2. The predicted molar refractivity (Wildman–Crippen MR) is 65.8 cm³/mol. The van der Waals surface area contributed by atoms with Crippen LogP contribution in [0.5, 0.6) is 0 Å². The number of piperidine rings is 1. The number of nitrogens with one attached hydrogen (secondary N) is 1. The van der Waals surface area contributed by atoms with Crippen molar-refractivity contribution in [1.29, 1.82) is 0 Å². The highest BCUT2D eigenvalue weighted by Crippen LogP contribution is 2.21. The summed E-state index contributed by atoms with van der Waals surface area (Å²) in [4.78, 5) is 13.1. The number of aromatic nitrogens is 2. The number of carbonyl (C=O) groups excluding carboxylic acids is 1. The summed E-state index contributed by atoms with van der Waals surface area (Å²) >= 11 is 0. The number of anilines is 1. The summed E-state index contributed by atoms with van der Waals surface area (Å²) in [5.74, 6) is 0.183. The largest absolute Gasteiger partial charge is 0.407 e. The van der Waals surface area contributed by atoms with Crippen LogP contribution in [0.15, 0.2) is 4.42 Å².